The Hall–Kier alpha value is -1.95. The summed E-state index contributed by atoms with van der Waals surface area (Å²) in [5.74, 6) is 0.0213. The second kappa shape index (κ2) is 12.9. The van der Waals surface area contributed by atoms with Crippen LogP contribution >= 0.6 is 34.8 Å². The van der Waals surface area contributed by atoms with Crippen LogP contribution in [0.4, 0.5) is 0 Å². The number of hydrogen-bond donors (Lipinski definition) is 1. The van der Waals surface area contributed by atoms with Gasteiger partial charge >= 0.3 is 0 Å². The molecule has 0 aromatic heterocycles. The van der Waals surface area contributed by atoms with Gasteiger partial charge in [0, 0.05) is 28.2 Å². The fraction of sp³-hybridized carbons (Fsp3) is 0.417. The molecular weight excluding hydrogens is 471 g/mol. The van der Waals surface area contributed by atoms with E-state index in [0.717, 1.165) is 18.4 Å². The molecule has 1 N–H and O–H groups in total. The van der Waals surface area contributed by atoms with Crippen molar-refractivity contribution >= 4 is 46.6 Å². The molecule has 2 rings (SSSR count). The van der Waals surface area contributed by atoms with E-state index in [0.29, 0.717) is 39.3 Å². The Bertz CT molecular complexity index is 937. The lowest BCUT2D eigenvalue weighted by atomic mass is 10.1. The number of ether oxygens (including phenoxy) is 1. The lowest BCUT2D eigenvalue weighted by Gasteiger charge is -2.31. The van der Waals surface area contributed by atoms with Gasteiger partial charge in [-0.3, -0.25) is 9.59 Å². The number of aryl methyl sites for hydroxylation is 1. The number of unbranched alkanes of at least 4 members (excludes halogenated alkanes) is 1. The predicted octanol–water partition coefficient (Wildman–Crippen LogP) is 6.06. The third-order valence-corrected chi connectivity index (χ3v) is 6.07. The normalized spacial score (nSPS) is 11.7. The molecule has 0 heterocycles. The quantitative estimate of drug-likeness (QED) is 0.382. The molecule has 0 aliphatic heterocycles. The molecule has 32 heavy (non-hydrogen) atoms. The van der Waals surface area contributed by atoms with E-state index in [4.69, 9.17) is 39.5 Å². The van der Waals surface area contributed by atoms with Crippen LogP contribution < -0.4 is 10.1 Å². The lowest BCUT2D eigenvalue weighted by Crippen LogP contribution is -2.50. The first-order valence-electron chi connectivity index (χ1n) is 10.7. The fourth-order valence-corrected chi connectivity index (χ4v) is 3.78. The van der Waals surface area contributed by atoms with Crippen LogP contribution in [0.3, 0.4) is 0 Å². The molecule has 8 heteroatoms. The average molecular weight is 500 g/mol. The maximum absolute atomic E-state index is 13.2. The van der Waals surface area contributed by atoms with Crippen LogP contribution in [-0.4, -0.2) is 35.9 Å². The molecule has 1 atom stereocenters. The summed E-state index contributed by atoms with van der Waals surface area (Å²) in [5, 5.41) is 4.49. The molecule has 0 aliphatic carbocycles. The van der Waals surface area contributed by atoms with Crippen molar-refractivity contribution in [1.82, 2.24) is 10.2 Å². The molecule has 0 fully saturated rings. The number of rotatable bonds is 11. The Morgan fingerprint density at radius 2 is 1.81 bits per heavy atom. The van der Waals surface area contributed by atoms with Crippen LogP contribution in [0.2, 0.25) is 15.1 Å². The summed E-state index contributed by atoms with van der Waals surface area (Å²) < 4.78 is 5.71. The van der Waals surface area contributed by atoms with Crippen LogP contribution in [0.1, 0.15) is 44.2 Å². The van der Waals surface area contributed by atoms with Gasteiger partial charge in [0.05, 0.1) is 0 Å². The van der Waals surface area contributed by atoms with Gasteiger partial charge in [-0.15, -0.1) is 0 Å². The van der Waals surface area contributed by atoms with Crippen molar-refractivity contribution in [2.24, 2.45) is 0 Å². The van der Waals surface area contributed by atoms with E-state index in [-0.39, 0.29) is 25.0 Å². The van der Waals surface area contributed by atoms with Crippen molar-refractivity contribution in [3.05, 3.63) is 62.6 Å². The summed E-state index contributed by atoms with van der Waals surface area (Å²) in [6.07, 6.45) is 2.29. The van der Waals surface area contributed by atoms with Gasteiger partial charge in [-0.1, -0.05) is 61.1 Å². The van der Waals surface area contributed by atoms with Crippen molar-refractivity contribution in [1.29, 1.82) is 0 Å². The predicted molar refractivity (Wildman–Crippen MR) is 131 cm³/mol. The highest BCUT2D eigenvalue weighted by atomic mass is 35.5. The molecule has 0 radical (unpaired) electrons. The third-order valence-electron chi connectivity index (χ3n) is 5.06. The van der Waals surface area contributed by atoms with Crippen LogP contribution in [0, 0.1) is 6.92 Å². The van der Waals surface area contributed by atoms with Gasteiger partial charge in [0.1, 0.15) is 11.8 Å². The van der Waals surface area contributed by atoms with Crippen molar-refractivity contribution < 1.29 is 14.3 Å². The Labute approximate surface area is 205 Å². The van der Waals surface area contributed by atoms with Crippen molar-refractivity contribution in [2.75, 3.05) is 13.2 Å². The number of carbonyl (C=O) groups is 2. The highest BCUT2D eigenvalue weighted by Crippen LogP contribution is 2.24. The number of halogens is 3. The van der Waals surface area contributed by atoms with Gasteiger partial charge in [-0.25, -0.2) is 0 Å². The Kier molecular flexibility index (Phi) is 10.6. The minimum Gasteiger partial charge on any atom is -0.484 e. The van der Waals surface area contributed by atoms with Gasteiger partial charge in [-0.2, -0.15) is 0 Å². The van der Waals surface area contributed by atoms with E-state index in [1.807, 2.05) is 13.8 Å². The molecule has 0 spiro atoms. The highest BCUT2D eigenvalue weighted by Gasteiger charge is 2.29. The summed E-state index contributed by atoms with van der Waals surface area (Å²) in [6, 6.07) is 9.63. The molecule has 0 bridgehead atoms. The van der Waals surface area contributed by atoms with Crippen LogP contribution in [0.15, 0.2) is 36.4 Å². The van der Waals surface area contributed by atoms with E-state index < -0.39 is 6.04 Å². The Morgan fingerprint density at radius 1 is 1.06 bits per heavy atom. The second-order valence-corrected chi connectivity index (χ2v) is 8.78. The van der Waals surface area contributed by atoms with E-state index in [1.165, 1.54) is 4.90 Å². The number of amides is 2. The maximum Gasteiger partial charge on any atom is 0.261 e. The summed E-state index contributed by atoms with van der Waals surface area (Å²) in [6.45, 7) is 6.30. The zero-order chi connectivity index (χ0) is 23.7. The maximum atomic E-state index is 13.2. The molecule has 0 saturated carbocycles. The van der Waals surface area contributed by atoms with E-state index in [2.05, 4.69) is 12.2 Å². The van der Waals surface area contributed by atoms with Gasteiger partial charge in [0.25, 0.3) is 5.91 Å². The molecule has 0 saturated heterocycles. The standard InChI is InChI=1S/C24H29Cl3N2O3/c1-4-6-11-28-24(31)22(5-2)29(14-17-7-8-18(25)13-21(17)27)23(30)15-32-19-9-10-20(26)16(3)12-19/h7-10,12-13,22H,4-6,11,14-15H2,1-3H3,(H,28,31)/t22-/m1/s1. The number of hydrogen-bond acceptors (Lipinski definition) is 3. The van der Waals surface area contributed by atoms with Gasteiger partial charge in [-0.05, 0) is 61.2 Å². The van der Waals surface area contributed by atoms with Crippen LogP contribution in [0.25, 0.3) is 0 Å². The zero-order valence-corrected chi connectivity index (χ0v) is 20.9. The molecular formula is C24H29Cl3N2O3. The molecule has 0 aliphatic rings. The number of nitrogens with zero attached hydrogens (tertiary/aromatic N) is 1. The minimum atomic E-state index is -0.651. The molecule has 2 aromatic carbocycles. The first-order chi connectivity index (χ1) is 15.3. The van der Waals surface area contributed by atoms with Gasteiger partial charge < -0.3 is 15.0 Å². The zero-order valence-electron chi connectivity index (χ0n) is 18.6. The summed E-state index contributed by atoms with van der Waals surface area (Å²) in [7, 11) is 0. The molecule has 2 aromatic rings. The average Bonchev–Trinajstić information content (AvgIpc) is 2.75. The smallest absolute Gasteiger partial charge is 0.261 e. The third kappa shape index (κ3) is 7.58. The number of benzene rings is 2. The van der Waals surface area contributed by atoms with Gasteiger partial charge in [0.15, 0.2) is 6.61 Å². The van der Waals surface area contributed by atoms with Crippen LogP contribution in [0.5, 0.6) is 5.75 Å². The first-order valence-corrected chi connectivity index (χ1v) is 11.8. The number of nitrogens with one attached hydrogen (secondary N) is 1. The summed E-state index contributed by atoms with van der Waals surface area (Å²) >= 11 is 18.4. The Morgan fingerprint density at radius 3 is 2.44 bits per heavy atom. The molecule has 2 amide bonds. The SMILES string of the molecule is CCCCNC(=O)[C@@H](CC)N(Cc1ccc(Cl)cc1Cl)C(=O)COc1ccc(Cl)c(C)c1. The number of carbonyl (C=O) groups excluding carboxylic acids is 2. The van der Waals surface area contributed by atoms with Crippen LogP contribution in [-0.2, 0) is 16.1 Å². The Balaban J connectivity index is 2.23. The fourth-order valence-electron chi connectivity index (χ4n) is 3.19. The van der Waals surface area contributed by atoms with Gasteiger partial charge in [0.2, 0.25) is 5.91 Å². The molecule has 5 nitrogen and oxygen atoms in total. The van der Waals surface area contributed by atoms with E-state index >= 15 is 0 Å². The topological polar surface area (TPSA) is 58.6 Å². The monoisotopic (exact) mass is 498 g/mol. The largest absolute Gasteiger partial charge is 0.484 e. The van der Waals surface area contributed by atoms with E-state index in [1.54, 1.807) is 36.4 Å². The van der Waals surface area contributed by atoms with E-state index in [9.17, 15) is 9.59 Å². The summed E-state index contributed by atoms with van der Waals surface area (Å²) in [5.41, 5.74) is 1.55. The second-order valence-electron chi connectivity index (χ2n) is 7.53. The summed E-state index contributed by atoms with van der Waals surface area (Å²) in [4.78, 5) is 27.6. The highest BCUT2D eigenvalue weighted by molar-refractivity contribution is 6.35. The van der Waals surface area contributed by atoms with Crippen molar-refractivity contribution in [3.8, 4) is 5.75 Å². The molecule has 0 unspecified atom stereocenters. The first kappa shape index (κ1) is 26.3. The lowest BCUT2D eigenvalue weighted by molar-refractivity contribution is -0.143. The van der Waals surface area contributed by atoms with Crippen molar-refractivity contribution in [3.63, 3.8) is 0 Å². The minimum absolute atomic E-state index is 0.164. The molecule has 174 valence electrons. The van der Waals surface area contributed by atoms with Crippen molar-refractivity contribution in [2.45, 2.75) is 52.6 Å².